The summed E-state index contributed by atoms with van der Waals surface area (Å²) in [5.41, 5.74) is 1.05. The molecule has 7 heteroatoms. The number of aromatic nitrogens is 1. The molecule has 0 bridgehead atoms. The summed E-state index contributed by atoms with van der Waals surface area (Å²) in [4.78, 5) is 3.70. The quantitative estimate of drug-likeness (QED) is 0.841. The maximum atomic E-state index is 13.2. The first-order chi connectivity index (χ1) is 10.0. The number of pyridine rings is 1. The molecular weight excluding hydrogens is 295 g/mol. The predicted molar refractivity (Wildman–Crippen MR) is 75.5 cm³/mol. The van der Waals surface area contributed by atoms with Crippen LogP contribution in [-0.4, -0.2) is 25.1 Å². The van der Waals surface area contributed by atoms with E-state index in [1.807, 2.05) is 6.07 Å². The molecular formula is C14H15FN2O3S. The second-order valence-corrected chi connectivity index (χ2v) is 6.15. The Labute approximate surface area is 122 Å². The molecule has 5 nitrogen and oxygen atoms in total. The lowest BCUT2D eigenvalue weighted by molar-refractivity contribution is 0.278. The molecule has 1 heterocycles. The Balaban J connectivity index is 2.10. The van der Waals surface area contributed by atoms with E-state index in [1.54, 1.807) is 18.5 Å². The Morgan fingerprint density at radius 1 is 1.29 bits per heavy atom. The van der Waals surface area contributed by atoms with Gasteiger partial charge in [0.1, 0.15) is 5.82 Å². The molecule has 2 aromatic rings. The van der Waals surface area contributed by atoms with Crippen LogP contribution in [0.3, 0.4) is 0 Å². The van der Waals surface area contributed by atoms with Crippen LogP contribution < -0.4 is 4.72 Å². The average molecular weight is 310 g/mol. The van der Waals surface area contributed by atoms with E-state index in [4.69, 9.17) is 5.11 Å². The molecule has 2 rings (SSSR count). The Morgan fingerprint density at radius 3 is 2.76 bits per heavy atom. The van der Waals surface area contributed by atoms with Gasteiger partial charge in [-0.1, -0.05) is 12.1 Å². The van der Waals surface area contributed by atoms with Gasteiger partial charge in [0, 0.05) is 18.9 Å². The highest BCUT2D eigenvalue weighted by Crippen LogP contribution is 2.17. The molecule has 1 aromatic heterocycles. The molecule has 0 radical (unpaired) electrons. The molecule has 0 amide bonds. The summed E-state index contributed by atoms with van der Waals surface area (Å²) < 4.78 is 39.9. The van der Waals surface area contributed by atoms with E-state index in [0.29, 0.717) is 6.42 Å². The third-order valence-corrected chi connectivity index (χ3v) is 4.46. The molecule has 21 heavy (non-hydrogen) atoms. The number of rotatable bonds is 6. The van der Waals surface area contributed by atoms with Crippen molar-refractivity contribution in [3.8, 4) is 0 Å². The van der Waals surface area contributed by atoms with Crippen LogP contribution in [0.2, 0.25) is 0 Å². The van der Waals surface area contributed by atoms with Crippen molar-refractivity contribution in [2.75, 3.05) is 6.54 Å². The van der Waals surface area contributed by atoms with Crippen LogP contribution in [0, 0.1) is 5.82 Å². The van der Waals surface area contributed by atoms with Crippen LogP contribution in [0.5, 0.6) is 0 Å². The molecule has 0 aliphatic carbocycles. The third kappa shape index (κ3) is 4.07. The van der Waals surface area contributed by atoms with Crippen molar-refractivity contribution in [3.05, 3.63) is 59.7 Å². The van der Waals surface area contributed by atoms with E-state index >= 15 is 0 Å². The molecule has 112 valence electrons. The number of aliphatic hydroxyl groups is 1. The lowest BCUT2D eigenvalue weighted by Gasteiger charge is -2.10. The standard InChI is InChI=1S/C14H15FN2O3S/c15-13-4-3-12(10-18)14(8-13)21(19,20)17-7-5-11-2-1-6-16-9-11/h1-4,6,8-9,17-18H,5,7,10H2. The van der Waals surface area contributed by atoms with Gasteiger partial charge in [-0.25, -0.2) is 17.5 Å². The number of hydrogen-bond acceptors (Lipinski definition) is 4. The molecule has 0 saturated heterocycles. The Bertz CT molecular complexity index is 705. The zero-order valence-corrected chi connectivity index (χ0v) is 12.0. The summed E-state index contributed by atoms with van der Waals surface area (Å²) in [6, 6.07) is 6.87. The lowest BCUT2D eigenvalue weighted by Crippen LogP contribution is -2.27. The summed E-state index contributed by atoms with van der Waals surface area (Å²) >= 11 is 0. The summed E-state index contributed by atoms with van der Waals surface area (Å²) in [5.74, 6) is -0.667. The van der Waals surface area contributed by atoms with Gasteiger partial charge in [-0.15, -0.1) is 0 Å². The maximum Gasteiger partial charge on any atom is 0.241 e. The third-order valence-electron chi connectivity index (χ3n) is 2.92. The first-order valence-electron chi connectivity index (χ1n) is 6.31. The largest absolute Gasteiger partial charge is 0.392 e. The van der Waals surface area contributed by atoms with Crippen molar-refractivity contribution in [2.24, 2.45) is 0 Å². The molecule has 0 atom stereocenters. The van der Waals surface area contributed by atoms with E-state index in [9.17, 15) is 12.8 Å². The number of hydrogen-bond donors (Lipinski definition) is 2. The van der Waals surface area contributed by atoms with E-state index in [2.05, 4.69) is 9.71 Å². The average Bonchev–Trinajstić information content (AvgIpc) is 2.48. The predicted octanol–water partition coefficient (Wildman–Crippen LogP) is 1.23. The van der Waals surface area contributed by atoms with Gasteiger partial charge in [-0.2, -0.15) is 0 Å². The summed E-state index contributed by atoms with van der Waals surface area (Å²) in [5, 5.41) is 9.15. The molecule has 0 fully saturated rings. The smallest absolute Gasteiger partial charge is 0.241 e. The van der Waals surface area contributed by atoms with Crippen LogP contribution in [0.1, 0.15) is 11.1 Å². The number of nitrogens with one attached hydrogen (secondary N) is 1. The molecule has 0 unspecified atom stereocenters. The molecule has 1 aromatic carbocycles. The van der Waals surface area contributed by atoms with Crippen molar-refractivity contribution in [1.29, 1.82) is 0 Å². The van der Waals surface area contributed by atoms with Crippen molar-refractivity contribution in [1.82, 2.24) is 9.71 Å². The van der Waals surface area contributed by atoms with Crippen LogP contribution in [-0.2, 0) is 23.1 Å². The second-order valence-electron chi connectivity index (χ2n) is 4.42. The SMILES string of the molecule is O=S(=O)(NCCc1cccnc1)c1cc(F)ccc1CO. The first-order valence-corrected chi connectivity index (χ1v) is 7.79. The first kappa shape index (κ1) is 15.6. The Morgan fingerprint density at radius 2 is 2.10 bits per heavy atom. The van der Waals surface area contributed by atoms with Gasteiger partial charge < -0.3 is 5.11 Å². The van der Waals surface area contributed by atoms with Crippen molar-refractivity contribution < 1.29 is 17.9 Å². The fourth-order valence-corrected chi connectivity index (χ4v) is 3.13. The van der Waals surface area contributed by atoms with Crippen LogP contribution in [0.4, 0.5) is 4.39 Å². The second kappa shape index (κ2) is 6.75. The minimum atomic E-state index is -3.87. The fraction of sp³-hybridized carbons (Fsp3) is 0.214. The Hall–Kier alpha value is -1.83. The topological polar surface area (TPSA) is 79.3 Å². The van der Waals surface area contributed by atoms with E-state index in [-0.39, 0.29) is 17.0 Å². The molecule has 0 aliphatic rings. The zero-order valence-electron chi connectivity index (χ0n) is 11.2. The minimum Gasteiger partial charge on any atom is -0.392 e. The fourth-order valence-electron chi connectivity index (χ4n) is 1.86. The maximum absolute atomic E-state index is 13.2. The van der Waals surface area contributed by atoms with Gasteiger partial charge >= 0.3 is 0 Å². The van der Waals surface area contributed by atoms with Crippen molar-refractivity contribution in [3.63, 3.8) is 0 Å². The van der Waals surface area contributed by atoms with Crippen LogP contribution >= 0.6 is 0 Å². The normalized spacial score (nSPS) is 11.5. The van der Waals surface area contributed by atoms with Gasteiger partial charge in [0.2, 0.25) is 10.0 Å². The van der Waals surface area contributed by atoms with Gasteiger partial charge in [0.15, 0.2) is 0 Å². The van der Waals surface area contributed by atoms with Crippen molar-refractivity contribution >= 4 is 10.0 Å². The van der Waals surface area contributed by atoms with E-state index in [0.717, 1.165) is 17.7 Å². The zero-order chi connectivity index (χ0) is 15.3. The van der Waals surface area contributed by atoms with Gasteiger partial charge in [0.05, 0.1) is 11.5 Å². The van der Waals surface area contributed by atoms with E-state index in [1.165, 1.54) is 6.07 Å². The van der Waals surface area contributed by atoms with Gasteiger partial charge in [0.25, 0.3) is 0 Å². The number of aliphatic hydroxyl groups excluding tert-OH is 1. The lowest BCUT2D eigenvalue weighted by atomic mass is 10.2. The van der Waals surface area contributed by atoms with Crippen LogP contribution in [0.15, 0.2) is 47.6 Å². The Kier molecular flexibility index (Phi) is 5.00. The number of nitrogens with zero attached hydrogens (tertiary/aromatic N) is 1. The van der Waals surface area contributed by atoms with Gasteiger partial charge in [-0.3, -0.25) is 4.98 Å². The van der Waals surface area contributed by atoms with Gasteiger partial charge in [-0.05, 0) is 35.7 Å². The summed E-state index contributed by atoms with van der Waals surface area (Å²) in [6.45, 7) is -0.311. The van der Waals surface area contributed by atoms with Crippen LogP contribution in [0.25, 0.3) is 0 Å². The summed E-state index contributed by atoms with van der Waals surface area (Å²) in [6.07, 6.45) is 3.75. The number of benzene rings is 1. The highest BCUT2D eigenvalue weighted by molar-refractivity contribution is 7.89. The number of sulfonamides is 1. The highest BCUT2D eigenvalue weighted by atomic mass is 32.2. The summed E-state index contributed by atoms with van der Waals surface area (Å²) in [7, 11) is -3.87. The van der Waals surface area contributed by atoms with Crippen molar-refractivity contribution in [2.45, 2.75) is 17.9 Å². The number of halogens is 1. The molecule has 0 aliphatic heterocycles. The minimum absolute atomic E-state index is 0.158. The molecule has 0 spiro atoms. The molecule has 2 N–H and O–H groups in total. The highest BCUT2D eigenvalue weighted by Gasteiger charge is 2.18. The monoisotopic (exact) mass is 310 g/mol. The van der Waals surface area contributed by atoms with E-state index < -0.39 is 22.4 Å². The molecule has 0 saturated carbocycles.